The Bertz CT molecular complexity index is 510. The lowest BCUT2D eigenvalue weighted by molar-refractivity contribution is 0.111. The Morgan fingerprint density at radius 2 is 1.95 bits per heavy atom. The molecule has 1 aliphatic carbocycles. The third-order valence-electron chi connectivity index (χ3n) is 3.91. The summed E-state index contributed by atoms with van der Waals surface area (Å²) in [6.07, 6.45) is 2.80. The minimum absolute atomic E-state index is 0.0180. The van der Waals surface area contributed by atoms with Crippen LogP contribution in [0.15, 0.2) is 10.5 Å². The molecule has 0 heterocycles. The van der Waals surface area contributed by atoms with Crippen LogP contribution in [0.4, 0.5) is 0 Å². The molecule has 0 aliphatic heterocycles. The molecular formula is C14H18BrNO3. The molecule has 1 fully saturated rings. The van der Waals surface area contributed by atoms with Crippen LogP contribution < -0.4 is 15.2 Å². The molecule has 0 bridgehead atoms. The maximum atomic E-state index is 11.1. The lowest BCUT2D eigenvalue weighted by Crippen LogP contribution is -2.32. The van der Waals surface area contributed by atoms with E-state index < -0.39 is 0 Å². The highest BCUT2D eigenvalue weighted by atomic mass is 79.9. The van der Waals surface area contributed by atoms with Crippen molar-refractivity contribution in [2.75, 3.05) is 14.2 Å². The van der Waals surface area contributed by atoms with Gasteiger partial charge in [0, 0.05) is 21.5 Å². The number of halogens is 1. The topological polar surface area (TPSA) is 61.5 Å². The molecule has 0 saturated heterocycles. The fourth-order valence-corrected chi connectivity index (χ4v) is 3.47. The van der Waals surface area contributed by atoms with E-state index >= 15 is 0 Å². The molecule has 1 aromatic carbocycles. The fourth-order valence-electron chi connectivity index (χ4n) is 2.65. The minimum Gasteiger partial charge on any atom is -0.492 e. The summed E-state index contributed by atoms with van der Waals surface area (Å²) in [6.45, 7) is 2.00. The molecule has 1 atom stereocenters. The molecule has 4 nitrogen and oxygen atoms in total. The van der Waals surface area contributed by atoms with Gasteiger partial charge in [-0.05, 0) is 25.8 Å². The number of hydrogen-bond donors (Lipinski definition) is 1. The maximum absolute atomic E-state index is 11.1. The molecule has 1 saturated carbocycles. The second-order valence-electron chi connectivity index (χ2n) is 4.95. The van der Waals surface area contributed by atoms with Crippen LogP contribution in [0.1, 0.15) is 35.7 Å². The number of rotatable bonds is 5. The first kappa shape index (κ1) is 14.3. The first-order valence-corrected chi connectivity index (χ1v) is 6.96. The molecular weight excluding hydrogens is 310 g/mol. The van der Waals surface area contributed by atoms with Crippen molar-refractivity contribution in [3.8, 4) is 11.5 Å². The average molecular weight is 328 g/mol. The van der Waals surface area contributed by atoms with Gasteiger partial charge in [-0.25, -0.2) is 0 Å². The minimum atomic E-state index is -0.0845. The van der Waals surface area contributed by atoms with Crippen LogP contribution >= 0.6 is 15.9 Å². The number of hydrogen-bond acceptors (Lipinski definition) is 4. The van der Waals surface area contributed by atoms with Crippen molar-refractivity contribution in [3.05, 3.63) is 21.7 Å². The van der Waals surface area contributed by atoms with Gasteiger partial charge in [0.05, 0.1) is 19.8 Å². The number of carbonyl (C=O) groups excluding carboxylic acids is 1. The first-order valence-electron chi connectivity index (χ1n) is 6.17. The lowest BCUT2D eigenvalue weighted by Gasteiger charge is -2.25. The van der Waals surface area contributed by atoms with Crippen molar-refractivity contribution in [1.82, 2.24) is 0 Å². The number of methoxy groups -OCH3 is 2. The first-order chi connectivity index (χ1) is 9.01. The summed E-state index contributed by atoms with van der Waals surface area (Å²) in [6, 6.07) is 1.79. The molecule has 104 valence electrons. The summed E-state index contributed by atoms with van der Waals surface area (Å²) in [4.78, 5) is 11.1. The molecule has 2 N–H and O–H groups in total. The van der Waals surface area contributed by atoms with Gasteiger partial charge < -0.3 is 15.2 Å². The van der Waals surface area contributed by atoms with Gasteiger partial charge >= 0.3 is 0 Å². The van der Waals surface area contributed by atoms with E-state index in [2.05, 4.69) is 15.9 Å². The third kappa shape index (κ3) is 2.15. The van der Waals surface area contributed by atoms with Crippen LogP contribution in [-0.4, -0.2) is 26.5 Å². The highest BCUT2D eigenvalue weighted by Gasteiger charge is 2.51. The van der Waals surface area contributed by atoms with E-state index in [0.29, 0.717) is 17.1 Å². The maximum Gasteiger partial charge on any atom is 0.171 e. The molecule has 2 rings (SSSR count). The molecule has 0 spiro atoms. The molecule has 0 amide bonds. The molecule has 0 radical (unpaired) electrons. The van der Waals surface area contributed by atoms with Crippen molar-refractivity contribution in [3.63, 3.8) is 0 Å². The van der Waals surface area contributed by atoms with Crippen LogP contribution in [0.5, 0.6) is 11.5 Å². The monoisotopic (exact) mass is 327 g/mol. The Morgan fingerprint density at radius 3 is 2.32 bits per heavy atom. The Morgan fingerprint density at radius 1 is 1.37 bits per heavy atom. The van der Waals surface area contributed by atoms with E-state index in [4.69, 9.17) is 15.2 Å². The highest BCUT2D eigenvalue weighted by Crippen LogP contribution is 2.57. The summed E-state index contributed by atoms with van der Waals surface area (Å²) in [5, 5.41) is 0. The van der Waals surface area contributed by atoms with E-state index in [9.17, 15) is 4.79 Å². The number of carbonyl (C=O) groups is 1. The predicted octanol–water partition coefficient (Wildman–Crippen LogP) is 2.66. The van der Waals surface area contributed by atoms with Gasteiger partial charge in [0.15, 0.2) is 17.8 Å². The number of aldehydes is 1. The van der Waals surface area contributed by atoms with Crippen molar-refractivity contribution in [2.24, 2.45) is 5.73 Å². The van der Waals surface area contributed by atoms with Gasteiger partial charge in [0.2, 0.25) is 0 Å². The van der Waals surface area contributed by atoms with Crippen molar-refractivity contribution < 1.29 is 14.3 Å². The molecule has 5 heteroatoms. The molecule has 1 aliphatic rings. The second kappa shape index (κ2) is 5.13. The van der Waals surface area contributed by atoms with Crippen molar-refractivity contribution in [1.29, 1.82) is 0 Å². The van der Waals surface area contributed by atoms with Gasteiger partial charge in [-0.15, -0.1) is 0 Å². The normalized spacial score (nSPS) is 17.7. The zero-order chi connectivity index (χ0) is 14.2. The van der Waals surface area contributed by atoms with Gasteiger partial charge in [-0.3, -0.25) is 4.79 Å². The Kier molecular flexibility index (Phi) is 3.87. The van der Waals surface area contributed by atoms with Crippen LogP contribution in [0.25, 0.3) is 0 Å². The smallest absolute Gasteiger partial charge is 0.171 e. The summed E-state index contributed by atoms with van der Waals surface area (Å²) in [5.74, 6) is 1.08. The summed E-state index contributed by atoms with van der Waals surface area (Å²) >= 11 is 3.54. The fraction of sp³-hybridized carbons (Fsp3) is 0.500. The molecule has 1 aromatic rings. The van der Waals surface area contributed by atoms with Crippen molar-refractivity contribution in [2.45, 2.75) is 31.2 Å². The number of benzene rings is 1. The second-order valence-corrected chi connectivity index (χ2v) is 5.81. The molecule has 19 heavy (non-hydrogen) atoms. The zero-order valence-corrected chi connectivity index (χ0v) is 12.9. The highest BCUT2D eigenvalue weighted by molar-refractivity contribution is 9.10. The lowest BCUT2D eigenvalue weighted by atomic mass is 9.87. The average Bonchev–Trinajstić information content (AvgIpc) is 3.18. The van der Waals surface area contributed by atoms with Gasteiger partial charge in [-0.1, -0.05) is 15.9 Å². The van der Waals surface area contributed by atoms with Crippen LogP contribution in [0, 0.1) is 0 Å². The third-order valence-corrected chi connectivity index (χ3v) is 4.54. The quantitative estimate of drug-likeness (QED) is 0.844. The van der Waals surface area contributed by atoms with Crippen LogP contribution in [-0.2, 0) is 5.41 Å². The van der Waals surface area contributed by atoms with Crippen LogP contribution in [0.3, 0.4) is 0 Å². The van der Waals surface area contributed by atoms with Gasteiger partial charge in [0.25, 0.3) is 0 Å². The number of ether oxygens (including phenoxy) is 2. The van der Waals surface area contributed by atoms with Crippen LogP contribution in [0.2, 0.25) is 0 Å². The standard InChI is InChI=1S/C14H18BrNO3/c1-8(16)14(4-5-14)11-10(15)6-9(7-17)12(18-2)13(11)19-3/h6-8H,4-5,16H2,1-3H3. The Labute approximate surface area is 121 Å². The summed E-state index contributed by atoms with van der Waals surface area (Å²) < 4.78 is 11.7. The SMILES string of the molecule is COc1c(C=O)cc(Br)c(C2(C(C)N)CC2)c1OC. The van der Waals surface area contributed by atoms with Gasteiger partial charge in [-0.2, -0.15) is 0 Å². The van der Waals surface area contributed by atoms with E-state index in [0.717, 1.165) is 29.2 Å². The largest absolute Gasteiger partial charge is 0.492 e. The van der Waals surface area contributed by atoms with E-state index in [1.807, 2.05) is 6.92 Å². The van der Waals surface area contributed by atoms with E-state index in [-0.39, 0.29) is 11.5 Å². The van der Waals surface area contributed by atoms with E-state index in [1.165, 1.54) is 7.11 Å². The van der Waals surface area contributed by atoms with Crippen molar-refractivity contribution >= 4 is 22.2 Å². The Balaban J connectivity index is 2.71. The van der Waals surface area contributed by atoms with E-state index in [1.54, 1.807) is 13.2 Å². The molecule has 1 unspecified atom stereocenters. The summed E-state index contributed by atoms with van der Waals surface area (Å²) in [7, 11) is 3.12. The Hall–Kier alpha value is -1.07. The molecule has 0 aromatic heterocycles. The zero-order valence-electron chi connectivity index (χ0n) is 11.3. The predicted molar refractivity (Wildman–Crippen MR) is 77.2 cm³/mol. The summed E-state index contributed by atoms with van der Waals surface area (Å²) in [5.41, 5.74) is 7.52. The number of nitrogens with two attached hydrogens (primary N) is 1. The van der Waals surface area contributed by atoms with Gasteiger partial charge in [0.1, 0.15) is 0 Å².